The Morgan fingerprint density at radius 3 is 2.39 bits per heavy atom. The summed E-state index contributed by atoms with van der Waals surface area (Å²) >= 11 is 0. The average molecular weight is 419 g/mol. The molecule has 4 rings (SSSR count). The number of amides is 1. The van der Waals surface area contributed by atoms with Crippen LogP contribution in [0.15, 0.2) is 47.3 Å². The molecule has 0 saturated carbocycles. The second kappa shape index (κ2) is 7.58. The molecular weight excluding hydrogens is 394 g/mol. The van der Waals surface area contributed by atoms with Gasteiger partial charge in [0.05, 0.1) is 5.69 Å². The van der Waals surface area contributed by atoms with Crippen LogP contribution in [0.1, 0.15) is 30.5 Å². The highest BCUT2D eigenvalue weighted by atomic mass is 16.7. The number of aryl methyl sites for hydroxylation is 3. The molecule has 7 heteroatoms. The monoisotopic (exact) mass is 419 g/mol. The number of hydrogen-bond acceptors (Lipinski definition) is 5. The van der Waals surface area contributed by atoms with Crippen LogP contribution in [0.25, 0.3) is 11.3 Å². The van der Waals surface area contributed by atoms with E-state index in [0.717, 1.165) is 27.9 Å². The highest BCUT2D eigenvalue weighted by Crippen LogP contribution is 2.35. The topological polar surface area (TPSA) is 82.5 Å². The number of rotatable bonds is 4. The molecule has 0 bridgehead atoms. The lowest BCUT2D eigenvalue weighted by atomic mass is 10.0. The van der Waals surface area contributed by atoms with Gasteiger partial charge in [0, 0.05) is 17.3 Å². The summed E-state index contributed by atoms with van der Waals surface area (Å²) < 4.78 is 12.0. The van der Waals surface area contributed by atoms with Crippen LogP contribution in [0.2, 0.25) is 0 Å². The first-order chi connectivity index (χ1) is 14.7. The zero-order chi connectivity index (χ0) is 22.3. The maximum absolute atomic E-state index is 13.2. The number of ether oxygens (including phenoxy) is 2. The number of anilines is 1. The molecule has 31 heavy (non-hydrogen) atoms. The molecule has 1 aromatic heterocycles. The maximum Gasteiger partial charge on any atom is 0.267 e. The fraction of sp³-hybridized carbons (Fsp3) is 0.292. The van der Waals surface area contributed by atoms with Crippen LogP contribution in [0.3, 0.4) is 0 Å². The zero-order valence-corrected chi connectivity index (χ0v) is 18.3. The Hall–Kier alpha value is -3.61. The Morgan fingerprint density at radius 1 is 1.00 bits per heavy atom. The van der Waals surface area contributed by atoms with Crippen molar-refractivity contribution in [3.63, 3.8) is 0 Å². The normalized spacial score (nSPS) is 12.7. The number of fused-ring (bicyclic) bond motifs is 1. The number of nitrogens with zero attached hydrogens (tertiary/aromatic N) is 2. The van der Waals surface area contributed by atoms with E-state index in [1.807, 2.05) is 45.0 Å². The van der Waals surface area contributed by atoms with Crippen LogP contribution in [-0.2, 0) is 10.3 Å². The molecule has 2 heterocycles. The van der Waals surface area contributed by atoms with Gasteiger partial charge in [0.1, 0.15) is 5.54 Å². The van der Waals surface area contributed by atoms with Crippen molar-refractivity contribution in [1.82, 2.24) is 9.78 Å². The van der Waals surface area contributed by atoms with Crippen LogP contribution in [0, 0.1) is 20.8 Å². The Morgan fingerprint density at radius 2 is 1.68 bits per heavy atom. The predicted octanol–water partition coefficient (Wildman–Crippen LogP) is 3.94. The molecule has 3 aromatic rings. The van der Waals surface area contributed by atoms with Gasteiger partial charge in [0.25, 0.3) is 11.5 Å². The molecular formula is C24H25N3O4. The summed E-state index contributed by atoms with van der Waals surface area (Å²) in [6.07, 6.45) is 0. The molecule has 160 valence electrons. The first kappa shape index (κ1) is 20.7. The highest BCUT2D eigenvalue weighted by Gasteiger charge is 2.33. The van der Waals surface area contributed by atoms with Crippen LogP contribution < -0.4 is 20.3 Å². The lowest BCUT2D eigenvalue weighted by Crippen LogP contribution is -2.47. The number of hydrogen-bond donors (Lipinski definition) is 1. The van der Waals surface area contributed by atoms with E-state index < -0.39 is 5.54 Å². The molecule has 0 unspecified atom stereocenters. The number of carbonyl (C=O) groups excluding carboxylic acids is 1. The van der Waals surface area contributed by atoms with Gasteiger partial charge in [-0.25, -0.2) is 4.68 Å². The summed E-state index contributed by atoms with van der Waals surface area (Å²) in [4.78, 5) is 25.9. The quantitative estimate of drug-likeness (QED) is 0.693. The third kappa shape index (κ3) is 3.79. The van der Waals surface area contributed by atoms with Gasteiger partial charge in [0.15, 0.2) is 11.5 Å². The summed E-state index contributed by atoms with van der Waals surface area (Å²) in [6, 6.07) is 12.5. The molecule has 2 aromatic carbocycles. The molecule has 0 fully saturated rings. The van der Waals surface area contributed by atoms with Gasteiger partial charge in [-0.3, -0.25) is 9.59 Å². The molecule has 1 aliphatic heterocycles. The third-order valence-electron chi connectivity index (χ3n) is 5.47. The molecule has 7 nitrogen and oxygen atoms in total. The van der Waals surface area contributed by atoms with E-state index >= 15 is 0 Å². The van der Waals surface area contributed by atoms with E-state index in [-0.39, 0.29) is 18.3 Å². The van der Waals surface area contributed by atoms with Crippen LogP contribution in [-0.4, -0.2) is 22.5 Å². The number of carbonyl (C=O) groups is 1. The SMILES string of the molecule is Cc1cc(C)c(NC(=O)C(C)(C)n2nc(-c3ccc4c(c3)OCO4)ccc2=O)c(C)c1. The maximum atomic E-state index is 13.2. The number of nitrogens with one attached hydrogen (secondary N) is 1. The van der Waals surface area contributed by atoms with Crippen molar-refractivity contribution in [2.45, 2.75) is 40.2 Å². The first-order valence-electron chi connectivity index (χ1n) is 10.1. The zero-order valence-electron chi connectivity index (χ0n) is 18.3. The van der Waals surface area contributed by atoms with Crippen LogP contribution >= 0.6 is 0 Å². The van der Waals surface area contributed by atoms with Gasteiger partial charge >= 0.3 is 0 Å². The summed E-state index contributed by atoms with van der Waals surface area (Å²) in [5, 5.41) is 7.50. The van der Waals surface area contributed by atoms with Gasteiger partial charge in [-0.1, -0.05) is 17.7 Å². The van der Waals surface area contributed by atoms with Crippen LogP contribution in [0.4, 0.5) is 5.69 Å². The van der Waals surface area contributed by atoms with Crippen molar-refractivity contribution in [1.29, 1.82) is 0 Å². The lowest BCUT2D eigenvalue weighted by molar-refractivity contribution is -0.123. The van der Waals surface area contributed by atoms with Crippen molar-refractivity contribution in [2.75, 3.05) is 12.1 Å². The van der Waals surface area contributed by atoms with Crippen molar-refractivity contribution in [3.8, 4) is 22.8 Å². The van der Waals surface area contributed by atoms with Crippen molar-refractivity contribution in [2.24, 2.45) is 0 Å². The Kier molecular flexibility index (Phi) is 5.05. The van der Waals surface area contributed by atoms with Gasteiger partial charge in [-0.05, 0) is 70.0 Å². The standard InChI is InChI=1S/C24H25N3O4/c1-14-10-15(2)22(16(3)11-14)25-23(29)24(4,5)27-21(28)9-7-18(26-27)17-6-8-19-20(12-17)31-13-30-19/h6-12H,13H2,1-5H3,(H,25,29). The summed E-state index contributed by atoms with van der Waals surface area (Å²) in [5.74, 6) is 0.972. The lowest BCUT2D eigenvalue weighted by Gasteiger charge is -2.26. The fourth-order valence-corrected chi connectivity index (χ4v) is 3.76. The fourth-order valence-electron chi connectivity index (χ4n) is 3.76. The van der Waals surface area contributed by atoms with E-state index in [2.05, 4.69) is 10.4 Å². The van der Waals surface area contributed by atoms with Gasteiger partial charge in [-0.2, -0.15) is 5.10 Å². The largest absolute Gasteiger partial charge is 0.454 e. The molecule has 1 amide bonds. The van der Waals surface area contributed by atoms with E-state index in [9.17, 15) is 9.59 Å². The molecule has 0 radical (unpaired) electrons. The predicted molar refractivity (Wildman–Crippen MR) is 119 cm³/mol. The van der Waals surface area contributed by atoms with E-state index in [0.29, 0.717) is 17.2 Å². The smallest absolute Gasteiger partial charge is 0.267 e. The summed E-state index contributed by atoms with van der Waals surface area (Å²) in [6.45, 7) is 9.45. The summed E-state index contributed by atoms with van der Waals surface area (Å²) in [5.41, 5.74) is 3.56. The Balaban J connectivity index is 1.69. The van der Waals surface area contributed by atoms with Crippen LogP contribution in [0.5, 0.6) is 11.5 Å². The van der Waals surface area contributed by atoms with Crippen molar-refractivity contribution < 1.29 is 14.3 Å². The second-order valence-corrected chi connectivity index (χ2v) is 8.32. The van der Waals surface area contributed by atoms with Crippen molar-refractivity contribution >= 4 is 11.6 Å². The Labute approximate surface area is 180 Å². The van der Waals surface area contributed by atoms with E-state index in [4.69, 9.17) is 9.47 Å². The minimum absolute atomic E-state index is 0.177. The van der Waals surface area contributed by atoms with Crippen molar-refractivity contribution in [3.05, 3.63) is 69.5 Å². The van der Waals surface area contributed by atoms with E-state index in [1.54, 1.807) is 26.0 Å². The molecule has 0 atom stereocenters. The minimum Gasteiger partial charge on any atom is -0.454 e. The van der Waals surface area contributed by atoms with Gasteiger partial charge in [0.2, 0.25) is 6.79 Å². The summed E-state index contributed by atoms with van der Waals surface area (Å²) in [7, 11) is 0. The molecule has 0 saturated heterocycles. The molecule has 0 aliphatic carbocycles. The van der Waals surface area contributed by atoms with Gasteiger partial charge < -0.3 is 14.8 Å². The van der Waals surface area contributed by atoms with Gasteiger partial charge in [-0.15, -0.1) is 0 Å². The number of benzene rings is 2. The second-order valence-electron chi connectivity index (χ2n) is 8.32. The molecule has 0 spiro atoms. The van der Waals surface area contributed by atoms with E-state index in [1.165, 1.54) is 10.7 Å². The molecule has 1 aliphatic rings. The average Bonchev–Trinajstić information content (AvgIpc) is 3.18. The minimum atomic E-state index is -1.22. The molecule has 1 N–H and O–H groups in total. The first-order valence-corrected chi connectivity index (χ1v) is 10.1. The third-order valence-corrected chi connectivity index (χ3v) is 5.47. The Bertz CT molecular complexity index is 1220. The highest BCUT2D eigenvalue weighted by molar-refractivity contribution is 5.97. The number of aromatic nitrogens is 2.